The van der Waals surface area contributed by atoms with Crippen LogP contribution in [0.3, 0.4) is 0 Å². The quantitative estimate of drug-likeness (QED) is 0.778. The number of benzene rings is 1. The molecule has 1 aromatic carbocycles. The van der Waals surface area contributed by atoms with Crippen LogP contribution >= 0.6 is 0 Å². The van der Waals surface area contributed by atoms with Crippen molar-refractivity contribution in [3.05, 3.63) is 29.3 Å². The van der Waals surface area contributed by atoms with Gasteiger partial charge in [-0.3, -0.25) is 4.79 Å². The molecule has 0 aliphatic heterocycles. The fourth-order valence-corrected chi connectivity index (χ4v) is 2.38. The van der Waals surface area contributed by atoms with Crippen molar-refractivity contribution in [3.8, 4) is 5.75 Å². The van der Waals surface area contributed by atoms with Gasteiger partial charge in [-0.15, -0.1) is 0 Å². The molecule has 0 saturated heterocycles. The van der Waals surface area contributed by atoms with Crippen molar-refractivity contribution in [3.63, 3.8) is 0 Å². The monoisotopic (exact) mass is 235 g/mol. The molecule has 2 N–H and O–H groups in total. The van der Waals surface area contributed by atoms with Gasteiger partial charge in [-0.25, -0.2) is 0 Å². The van der Waals surface area contributed by atoms with E-state index >= 15 is 0 Å². The number of aryl methyl sites for hydroxylation is 1. The number of fused-ring (bicyclic) bond motifs is 1. The van der Waals surface area contributed by atoms with Gasteiger partial charge in [0.1, 0.15) is 11.3 Å². The summed E-state index contributed by atoms with van der Waals surface area (Å²) in [6.07, 6.45) is 1.86. The Morgan fingerprint density at radius 1 is 1.41 bits per heavy atom. The molecule has 4 nitrogen and oxygen atoms in total. The van der Waals surface area contributed by atoms with Crippen LogP contribution in [0.1, 0.15) is 17.5 Å². The van der Waals surface area contributed by atoms with E-state index in [0.29, 0.717) is 12.8 Å². The predicted octanol–water partition coefficient (Wildman–Crippen LogP) is 1.05. The maximum Gasteiger partial charge on any atom is 0.326 e. The van der Waals surface area contributed by atoms with Crippen molar-refractivity contribution in [1.29, 1.82) is 0 Å². The number of nitrogens with two attached hydrogens (primary N) is 1. The zero-order chi connectivity index (χ0) is 12.5. The van der Waals surface area contributed by atoms with Gasteiger partial charge in [0.05, 0.1) is 14.2 Å². The van der Waals surface area contributed by atoms with Gasteiger partial charge in [0.15, 0.2) is 0 Å². The molecule has 2 rings (SSSR count). The zero-order valence-electron chi connectivity index (χ0n) is 10.2. The number of carbonyl (C=O) groups is 1. The highest BCUT2D eigenvalue weighted by Gasteiger charge is 2.39. The van der Waals surface area contributed by atoms with Gasteiger partial charge < -0.3 is 15.2 Å². The molecule has 1 unspecified atom stereocenters. The molecule has 0 radical (unpaired) electrons. The Morgan fingerprint density at radius 3 is 2.82 bits per heavy atom. The molecule has 0 saturated carbocycles. The summed E-state index contributed by atoms with van der Waals surface area (Å²) in [6, 6.07) is 5.90. The average molecular weight is 235 g/mol. The Kier molecular flexibility index (Phi) is 3.07. The van der Waals surface area contributed by atoms with Gasteiger partial charge in [-0.05, 0) is 30.0 Å². The first-order chi connectivity index (χ1) is 8.10. The van der Waals surface area contributed by atoms with E-state index < -0.39 is 5.54 Å². The second-order valence-electron chi connectivity index (χ2n) is 4.42. The van der Waals surface area contributed by atoms with Crippen molar-refractivity contribution < 1.29 is 14.3 Å². The lowest BCUT2D eigenvalue weighted by atomic mass is 9.78. The molecule has 4 heteroatoms. The summed E-state index contributed by atoms with van der Waals surface area (Å²) in [5.41, 5.74) is 7.43. The normalized spacial score (nSPS) is 22.8. The molecule has 92 valence electrons. The summed E-state index contributed by atoms with van der Waals surface area (Å²) >= 11 is 0. The van der Waals surface area contributed by atoms with Crippen molar-refractivity contribution >= 4 is 5.97 Å². The Balaban J connectivity index is 2.37. The van der Waals surface area contributed by atoms with E-state index in [1.165, 1.54) is 12.7 Å². The number of rotatable bonds is 2. The number of hydrogen-bond acceptors (Lipinski definition) is 4. The third-order valence-electron chi connectivity index (χ3n) is 3.37. The van der Waals surface area contributed by atoms with Crippen LogP contribution in [-0.4, -0.2) is 25.7 Å². The van der Waals surface area contributed by atoms with Crippen LogP contribution in [0, 0.1) is 0 Å². The highest BCUT2D eigenvalue weighted by atomic mass is 16.5. The Morgan fingerprint density at radius 2 is 2.18 bits per heavy atom. The largest absolute Gasteiger partial charge is 0.496 e. The van der Waals surface area contributed by atoms with Gasteiger partial charge in [-0.2, -0.15) is 0 Å². The number of methoxy groups -OCH3 is 2. The molecule has 17 heavy (non-hydrogen) atoms. The van der Waals surface area contributed by atoms with E-state index in [9.17, 15) is 4.79 Å². The van der Waals surface area contributed by atoms with E-state index in [1.807, 2.05) is 12.1 Å². The van der Waals surface area contributed by atoms with Gasteiger partial charge >= 0.3 is 5.97 Å². The molecule has 1 aromatic rings. The van der Waals surface area contributed by atoms with Crippen LogP contribution in [0.5, 0.6) is 5.75 Å². The molecule has 1 aliphatic carbocycles. The Hall–Kier alpha value is -1.55. The van der Waals surface area contributed by atoms with Crippen molar-refractivity contribution in [1.82, 2.24) is 0 Å². The third-order valence-corrected chi connectivity index (χ3v) is 3.37. The summed E-state index contributed by atoms with van der Waals surface area (Å²) in [6.45, 7) is 0. The van der Waals surface area contributed by atoms with Crippen LogP contribution < -0.4 is 10.5 Å². The minimum atomic E-state index is -0.920. The molecule has 0 heterocycles. The average Bonchev–Trinajstić information content (AvgIpc) is 2.37. The summed E-state index contributed by atoms with van der Waals surface area (Å²) in [5, 5.41) is 0. The molecular formula is C13H17NO3. The lowest BCUT2D eigenvalue weighted by Crippen LogP contribution is -2.52. The van der Waals surface area contributed by atoms with Gasteiger partial charge in [0, 0.05) is 6.42 Å². The lowest BCUT2D eigenvalue weighted by molar-refractivity contribution is -0.147. The molecule has 1 atom stereocenters. The fraction of sp³-hybridized carbons (Fsp3) is 0.462. The standard InChI is InChI=1S/C13H17NO3/c1-16-11-5-3-4-9-6-7-13(14,8-10(9)11)12(15)17-2/h3-5H,6-8,14H2,1-2H3. The Bertz CT molecular complexity index is 430. The first-order valence-electron chi connectivity index (χ1n) is 5.63. The zero-order valence-corrected chi connectivity index (χ0v) is 10.2. The first kappa shape index (κ1) is 11.9. The molecular weight excluding hydrogens is 218 g/mol. The van der Waals surface area contributed by atoms with Gasteiger partial charge in [0.25, 0.3) is 0 Å². The van der Waals surface area contributed by atoms with Crippen LogP contribution in [-0.2, 0) is 22.4 Å². The second kappa shape index (κ2) is 4.37. The molecule has 0 aromatic heterocycles. The molecule has 0 bridgehead atoms. The number of ether oxygens (including phenoxy) is 2. The lowest BCUT2D eigenvalue weighted by Gasteiger charge is -2.32. The third kappa shape index (κ3) is 2.00. The van der Waals surface area contributed by atoms with Crippen LogP contribution in [0.25, 0.3) is 0 Å². The number of hydrogen-bond donors (Lipinski definition) is 1. The summed E-state index contributed by atoms with van der Waals surface area (Å²) < 4.78 is 10.1. The van der Waals surface area contributed by atoms with E-state index in [-0.39, 0.29) is 5.97 Å². The highest BCUT2D eigenvalue weighted by molar-refractivity contribution is 5.81. The molecule has 0 fully saturated rings. The first-order valence-corrected chi connectivity index (χ1v) is 5.63. The maximum atomic E-state index is 11.7. The highest BCUT2D eigenvalue weighted by Crippen LogP contribution is 2.33. The van der Waals surface area contributed by atoms with Gasteiger partial charge in [-0.1, -0.05) is 12.1 Å². The van der Waals surface area contributed by atoms with E-state index in [1.54, 1.807) is 7.11 Å². The van der Waals surface area contributed by atoms with Crippen LogP contribution in [0.2, 0.25) is 0 Å². The maximum absolute atomic E-state index is 11.7. The predicted molar refractivity (Wildman–Crippen MR) is 64.0 cm³/mol. The van der Waals surface area contributed by atoms with E-state index in [4.69, 9.17) is 15.2 Å². The fourth-order valence-electron chi connectivity index (χ4n) is 2.38. The summed E-state index contributed by atoms with van der Waals surface area (Å²) in [5.74, 6) is 0.440. The van der Waals surface area contributed by atoms with E-state index in [2.05, 4.69) is 6.07 Å². The molecule has 0 amide bonds. The minimum absolute atomic E-state index is 0.353. The second-order valence-corrected chi connectivity index (χ2v) is 4.42. The number of esters is 1. The van der Waals surface area contributed by atoms with Crippen molar-refractivity contribution in [2.24, 2.45) is 5.73 Å². The summed E-state index contributed by atoms with van der Waals surface area (Å²) in [7, 11) is 3.00. The van der Waals surface area contributed by atoms with Gasteiger partial charge in [0.2, 0.25) is 0 Å². The van der Waals surface area contributed by atoms with Crippen molar-refractivity contribution in [2.45, 2.75) is 24.8 Å². The van der Waals surface area contributed by atoms with Crippen molar-refractivity contribution in [2.75, 3.05) is 14.2 Å². The van der Waals surface area contributed by atoms with E-state index in [0.717, 1.165) is 17.7 Å². The number of carbonyl (C=O) groups excluding carboxylic acids is 1. The Labute approximate surface area is 101 Å². The summed E-state index contributed by atoms with van der Waals surface area (Å²) in [4.78, 5) is 11.7. The topological polar surface area (TPSA) is 61.5 Å². The molecule has 1 aliphatic rings. The van der Waals surface area contributed by atoms with Crippen LogP contribution in [0.15, 0.2) is 18.2 Å². The molecule has 0 spiro atoms. The SMILES string of the molecule is COC(=O)C1(N)CCc2cccc(OC)c2C1. The van der Waals surface area contributed by atoms with Crippen LogP contribution in [0.4, 0.5) is 0 Å². The minimum Gasteiger partial charge on any atom is -0.496 e. The smallest absolute Gasteiger partial charge is 0.326 e.